The number of aromatic carboxylic acids is 1. The lowest BCUT2D eigenvalue weighted by atomic mass is 10.0. The van der Waals surface area contributed by atoms with Crippen molar-refractivity contribution < 1.29 is 9.90 Å². The van der Waals surface area contributed by atoms with Crippen LogP contribution in [0.2, 0.25) is 0 Å². The first-order chi connectivity index (χ1) is 8.00. The van der Waals surface area contributed by atoms with Gasteiger partial charge in [0.1, 0.15) is 11.9 Å². The third kappa shape index (κ3) is 2.44. The van der Waals surface area contributed by atoms with E-state index < -0.39 is 5.97 Å². The number of rotatable bonds is 3. The summed E-state index contributed by atoms with van der Waals surface area (Å²) in [5.74, 6) is -0.961. The van der Waals surface area contributed by atoms with E-state index in [1.807, 2.05) is 0 Å². The summed E-state index contributed by atoms with van der Waals surface area (Å²) < 4.78 is 0. The molecule has 0 unspecified atom stereocenters. The molecule has 1 aromatic heterocycles. The first-order valence-corrected chi connectivity index (χ1v) is 5.78. The van der Waals surface area contributed by atoms with Crippen LogP contribution < -0.4 is 0 Å². The standard InChI is InChI=1S/C12H17N3O2/c1-12(2)4-3-5-15(12)7-10-9(11(16)17)6-13-8-14-10/h6,8H,3-5,7H2,1-2H3,(H,16,17). The molecule has 5 heteroatoms. The van der Waals surface area contributed by atoms with Crippen LogP contribution in [-0.2, 0) is 6.54 Å². The smallest absolute Gasteiger partial charge is 0.339 e. The van der Waals surface area contributed by atoms with Crippen LogP contribution in [0, 0.1) is 0 Å². The van der Waals surface area contributed by atoms with E-state index in [0.29, 0.717) is 12.2 Å². The van der Waals surface area contributed by atoms with E-state index in [4.69, 9.17) is 5.11 Å². The van der Waals surface area contributed by atoms with Gasteiger partial charge in [-0.1, -0.05) is 0 Å². The number of nitrogens with zero attached hydrogens (tertiary/aromatic N) is 3. The highest BCUT2D eigenvalue weighted by Crippen LogP contribution is 2.29. The van der Waals surface area contributed by atoms with Gasteiger partial charge in [0.15, 0.2) is 0 Å². The van der Waals surface area contributed by atoms with Crippen LogP contribution in [0.5, 0.6) is 0 Å². The highest BCUT2D eigenvalue weighted by Gasteiger charge is 2.32. The Labute approximate surface area is 100 Å². The normalized spacial score (nSPS) is 19.4. The number of carboxylic acid groups (broad SMARTS) is 1. The number of carbonyl (C=O) groups is 1. The summed E-state index contributed by atoms with van der Waals surface area (Å²) in [5, 5.41) is 9.07. The van der Waals surface area contributed by atoms with Crippen molar-refractivity contribution in [2.75, 3.05) is 6.54 Å². The number of carboxylic acids is 1. The van der Waals surface area contributed by atoms with Gasteiger partial charge in [-0.15, -0.1) is 0 Å². The molecule has 17 heavy (non-hydrogen) atoms. The van der Waals surface area contributed by atoms with E-state index in [0.717, 1.165) is 19.4 Å². The van der Waals surface area contributed by atoms with Crippen LogP contribution in [0.1, 0.15) is 42.7 Å². The molecule has 2 rings (SSSR count). The van der Waals surface area contributed by atoms with Crippen molar-refractivity contribution in [3.05, 3.63) is 23.8 Å². The van der Waals surface area contributed by atoms with Crippen molar-refractivity contribution in [1.29, 1.82) is 0 Å². The Kier molecular flexibility index (Phi) is 3.11. The molecule has 1 aromatic rings. The molecule has 0 spiro atoms. The minimum atomic E-state index is -0.961. The molecule has 5 nitrogen and oxygen atoms in total. The number of hydrogen-bond donors (Lipinski definition) is 1. The van der Waals surface area contributed by atoms with Crippen LogP contribution in [0.3, 0.4) is 0 Å². The molecular formula is C12H17N3O2. The van der Waals surface area contributed by atoms with Crippen LogP contribution in [0.4, 0.5) is 0 Å². The van der Waals surface area contributed by atoms with Crippen molar-refractivity contribution in [2.24, 2.45) is 0 Å². The molecule has 1 aliphatic heterocycles. The Morgan fingerprint density at radius 3 is 2.94 bits per heavy atom. The molecule has 0 saturated carbocycles. The third-order valence-corrected chi connectivity index (χ3v) is 3.44. The maximum Gasteiger partial charge on any atom is 0.339 e. The molecule has 0 aromatic carbocycles. The number of hydrogen-bond acceptors (Lipinski definition) is 4. The molecule has 0 bridgehead atoms. The monoisotopic (exact) mass is 235 g/mol. The van der Waals surface area contributed by atoms with E-state index in [9.17, 15) is 4.79 Å². The van der Waals surface area contributed by atoms with Gasteiger partial charge >= 0.3 is 5.97 Å². The van der Waals surface area contributed by atoms with Gasteiger partial charge in [-0.05, 0) is 33.2 Å². The van der Waals surface area contributed by atoms with E-state index in [-0.39, 0.29) is 11.1 Å². The summed E-state index contributed by atoms with van der Waals surface area (Å²) in [7, 11) is 0. The first-order valence-electron chi connectivity index (χ1n) is 5.78. The molecule has 1 aliphatic rings. The van der Waals surface area contributed by atoms with Crippen molar-refractivity contribution in [3.63, 3.8) is 0 Å². The van der Waals surface area contributed by atoms with Gasteiger partial charge in [-0.3, -0.25) is 4.90 Å². The van der Waals surface area contributed by atoms with E-state index in [2.05, 4.69) is 28.7 Å². The predicted molar refractivity (Wildman–Crippen MR) is 62.7 cm³/mol. The molecule has 0 radical (unpaired) electrons. The van der Waals surface area contributed by atoms with Gasteiger partial charge in [0.2, 0.25) is 0 Å². The van der Waals surface area contributed by atoms with Gasteiger partial charge in [0.25, 0.3) is 0 Å². The average molecular weight is 235 g/mol. The highest BCUT2D eigenvalue weighted by atomic mass is 16.4. The Bertz CT molecular complexity index is 432. The molecule has 2 heterocycles. The Morgan fingerprint density at radius 1 is 1.59 bits per heavy atom. The highest BCUT2D eigenvalue weighted by molar-refractivity contribution is 5.88. The Hall–Kier alpha value is -1.49. The fraction of sp³-hybridized carbons (Fsp3) is 0.583. The molecule has 0 atom stereocenters. The molecule has 0 amide bonds. The number of aromatic nitrogens is 2. The van der Waals surface area contributed by atoms with Gasteiger partial charge in [0, 0.05) is 18.3 Å². The van der Waals surface area contributed by atoms with Crippen molar-refractivity contribution in [3.8, 4) is 0 Å². The van der Waals surface area contributed by atoms with Crippen LogP contribution in [0.25, 0.3) is 0 Å². The van der Waals surface area contributed by atoms with E-state index >= 15 is 0 Å². The van der Waals surface area contributed by atoms with Crippen molar-refractivity contribution in [2.45, 2.75) is 38.8 Å². The summed E-state index contributed by atoms with van der Waals surface area (Å²) in [6.07, 6.45) is 5.07. The van der Waals surface area contributed by atoms with Gasteiger partial charge < -0.3 is 5.11 Å². The zero-order chi connectivity index (χ0) is 12.5. The third-order valence-electron chi connectivity index (χ3n) is 3.44. The predicted octanol–water partition coefficient (Wildman–Crippen LogP) is 1.55. The fourth-order valence-electron chi connectivity index (χ4n) is 2.30. The van der Waals surface area contributed by atoms with Crippen molar-refractivity contribution >= 4 is 5.97 Å². The van der Waals surface area contributed by atoms with Crippen LogP contribution in [0.15, 0.2) is 12.5 Å². The summed E-state index contributed by atoms with van der Waals surface area (Å²) in [4.78, 5) is 21.2. The molecular weight excluding hydrogens is 218 g/mol. The largest absolute Gasteiger partial charge is 0.478 e. The molecule has 1 fully saturated rings. The van der Waals surface area contributed by atoms with Crippen LogP contribution in [-0.4, -0.2) is 38.0 Å². The van der Waals surface area contributed by atoms with Gasteiger partial charge in [-0.2, -0.15) is 0 Å². The van der Waals surface area contributed by atoms with E-state index in [1.165, 1.54) is 12.5 Å². The lowest BCUT2D eigenvalue weighted by Crippen LogP contribution is -2.38. The second-order valence-electron chi connectivity index (χ2n) is 5.03. The van der Waals surface area contributed by atoms with Gasteiger partial charge in [0.05, 0.1) is 5.69 Å². The fourth-order valence-corrected chi connectivity index (χ4v) is 2.30. The maximum absolute atomic E-state index is 11.1. The zero-order valence-electron chi connectivity index (χ0n) is 10.2. The molecule has 0 aliphatic carbocycles. The summed E-state index contributed by atoms with van der Waals surface area (Å²) >= 11 is 0. The lowest BCUT2D eigenvalue weighted by molar-refractivity contribution is 0.0691. The SMILES string of the molecule is CC1(C)CCCN1Cc1ncncc1C(=O)O. The zero-order valence-corrected chi connectivity index (χ0v) is 10.2. The van der Waals surface area contributed by atoms with Crippen LogP contribution >= 0.6 is 0 Å². The minimum absolute atomic E-state index is 0.126. The first kappa shape index (κ1) is 12.0. The summed E-state index contributed by atoms with van der Waals surface area (Å²) in [6, 6.07) is 0. The van der Waals surface area contributed by atoms with Crippen molar-refractivity contribution in [1.82, 2.24) is 14.9 Å². The Balaban J connectivity index is 2.21. The average Bonchev–Trinajstić information content (AvgIpc) is 2.59. The maximum atomic E-state index is 11.1. The lowest BCUT2D eigenvalue weighted by Gasteiger charge is -2.31. The summed E-state index contributed by atoms with van der Waals surface area (Å²) in [6.45, 7) is 5.94. The summed E-state index contributed by atoms with van der Waals surface area (Å²) in [5.41, 5.74) is 0.929. The topological polar surface area (TPSA) is 66.3 Å². The second kappa shape index (κ2) is 4.41. The minimum Gasteiger partial charge on any atom is -0.478 e. The molecule has 92 valence electrons. The second-order valence-corrected chi connectivity index (χ2v) is 5.03. The number of likely N-dealkylation sites (tertiary alicyclic amines) is 1. The van der Waals surface area contributed by atoms with Gasteiger partial charge in [-0.25, -0.2) is 14.8 Å². The Morgan fingerprint density at radius 2 is 2.35 bits per heavy atom. The molecule has 1 saturated heterocycles. The van der Waals surface area contributed by atoms with E-state index in [1.54, 1.807) is 0 Å². The molecule has 1 N–H and O–H groups in total. The quantitative estimate of drug-likeness (QED) is 0.861.